The number of hydrogen-bond donors (Lipinski definition) is 3. The topological polar surface area (TPSA) is 155 Å². The van der Waals surface area contributed by atoms with Gasteiger partial charge in [-0.3, -0.25) is 24.7 Å². The molecule has 1 aliphatic heterocycles. The molecule has 0 unspecified atom stereocenters. The van der Waals surface area contributed by atoms with Gasteiger partial charge in [0.1, 0.15) is 17.9 Å². The number of benzene rings is 2. The lowest BCUT2D eigenvalue weighted by Crippen LogP contribution is -2.43. The molecule has 12 heteroatoms. The second-order valence-corrected chi connectivity index (χ2v) is 8.59. The van der Waals surface area contributed by atoms with Crippen LogP contribution in [0.5, 0.6) is 5.75 Å². The molecule has 32 heavy (non-hydrogen) atoms. The third kappa shape index (κ3) is 3.88. The SMILES string of the molecule is Cc1c(C(=O)NNS(=O)(=O)c2ccc3c(c2)N(CC(=O)O)C(=O)CO3)oc2ccccc12. The summed E-state index contributed by atoms with van der Waals surface area (Å²) < 4.78 is 36.1. The highest BCUT2D eigenvalue weighted by Crippen LogP contribution is 2.34. The first kappa shape index (κ1) is 21.3. The first-order valence-electron chi connectivity index (χ1n) is 9.26. The molecule has 11 nitrogen and oxygen atoms in total. The van der Waals surface area contributed by atoms with Gasteiger partial charge < -0.3 is 14.3 Å². The molecule has 3 N–H and O–H groups in total. The zero-order chi connectivity index (χ0) is 23.0. The predicted molar refractivity (Wildman–Crippen MR) is 111 cm³/mol. The molecular formula is C20H17N3O8S. The van der Waals surface area contributed by atoms with E-state index in [1.54, 1.807) is 31.2 Å². The van der Waals surface area contributed by atoms with Crippen LogP contribution in [-0.4, -0.2) is 44.5 Å². The van der Waals surface area contributed by atoms with E-state index >= 15 is 0 Å². The minimum atomic E-state index is -4.27. The summed E-state index contributed by atoms with van der Waals surface area (Å²) in [6.45, 7) is 0.651. The number of nitrogens with one attached hydrogen (secondary N) is 2. The minimum Gasteiger partial charge on any atom is -0.482 e. The average molecular weight is 459 g/mol. The molecule has 3 aromatic rings. The van der Waals surface area contributed by atoms with Crippen molar-refractivity contribution >= 4 is 44.5 Å². The van der Waals surface area contributed by atoms with E-state index in [2.05, 4.69) is 5.43 Å². The first-order valence-corrected chi connectivity index (χ1v) is 10.7. The lowest BCUT2D eigenvalue weighted by atomic mass is 10.1. The molecule has 2 aromatic carbocycles. The van der Waals surface area contributed by atoms with Gasteiger partial charge in [-0.2, -0.15) is 0 Å². The zero-order valence-electron chi connectivity index (χ0n) is 16.6. The van der Waals surface area contributed by atoms with Crippen molar-refractivity contribution in [1.29, 1.82) is 0 Å². The smallest absolute Gasteiger partial charge is 0.323 e. The molecule has 0 bridgehead atoms. The van der Waals surface area contributed by atoms with Crippen LogP contribution in [0.15, 0.2) is 51.8 Å². The number of ether oxygens (including phenoxy) is 1. The Labute approximate surface area is 181 Å². The molecule has 2 amide bonds. The Morgan fingerprint density at radius 1 is 1.19 bits per heavy atom. The number of amides is 2. The van der Waals surface area contributed by atoms with Crippen molar-refractivity contribution in [3.8, 4) is 5.75 Å². The molecule has 166 valence electrons. The summed E-state index contributed by atoms with van der Waals surface area (Å²) >= 11 is 0. The molecule has 1 aromatic heterocycles. The van der Waals surface area contributed by atoms with Gasteiger partial charge in [0.15, 0.2) is 12.4 Å². The van der Waals surface area contributed by atoms with Gasteiger partial charge in [-0.05, 0) is 31.2 Å². The van der Waals surface area contributed by atoms with Gasteiger partial charge in [-0.25, -0.2) is 8.42 Å². The van der Waals surface area contributed by atoms with Crippen molar-refractivity contribution in [2.24, 2.45) is 0 Å². The van der Waals surface area contributed by atoms with E-state index in [9.17, 15) is 22.8 Å². The molecule has 1 aliphatic rings. The van der Waals surface area contributed by atoms with Gasteiger partial charge in [0.25, 0.3) is 15.9 Å². The van der Waals surface area contributed by atoms with Gasteiger partial charge in [-0.15, -0.1) is 4.83 Å². The van der Waals surface area contributed by atoms with Gasteiger partial charge in [0.2, 0.25) is 0 Å². The number of hydrazine groups is 1. The Balaban J connectivity index is 1.57. The molecule has 0 fully saturated rings. The van der Waals surface area contributed by atoms with E-state index in [0.29, 0.717) is 11.1 Å². The van der Waals surface area contributed by atoms with Gasteiger partial charge in [-0.1, -0.05) is 18.2 Å². The fourth-order valence-corrected chi connectivity index (χ4v) is 4.14. The Hall–Kier alpha value is -3.90. The monoisotopic (exact) mass is 459 g/mol. The van der Waals surface area contributed by atoms with Gasteiger partial charge in [0, 0.05) is 10.9 Å². The number of aryl methyl sites for hydroxylation is 1. The van der Waals surface area contributed by atoms with Crippen LogP contribution in [0.4, 0.5) is 5.69 Å². The molecule has 4 rings (SSSR count). The maximum atomic E-state index is 12.7. The third-order valence-corrected chi connectivity index (χ3v) is 6.07. The first-order chi connectivity index (χ1) is 15.2. The molecular weight excluding hydrogens is 442 g/mol. The summed E-state index contributed by atoms with van der Waals surface area (Å²) in [7, 11) is -4.27. The van der Waals surface area contributed by atoms with E-state index in [1.807, 2.05) is 4.83 Å². The Kier molecular flexibility index (Phi) is 5.32. The number of sulfonamides is 1. The van der Waals surface area contributed by atoms with E-state index < -0.39 is 34.4 Å². The second-order valence-electron chi connectivity index (χ2n) is 6.90. The highest BCUT2D eigenvalue weighted by molar-refractivity contribution is 7.89. The van der Waals surface area contributed by atoms with E-state index in [-0.39, 0.29) is 28.7 Å². The van der Waals surface area contributed by atoms with Gasteiger partial charge >= 0.3 is 11.9 Å². The number of furan rings is 1. The number of anilines is 1. The average Bonchev–Trinajstić information content (AvgIpc) is 3.10. The van der Waals surface area contributed by atoms with Crippen LogP contribution in [-0.2, 0) is 19.6 Å². The molecule has 0 atom stereocenters. The lowest BCUT2D eigenvalue weighted by Gasteiger charge is -2.28. The Morgan fingerprint density at radius 3 is 2.66 bits per heavy atom. The molecule has 0 aliphatic carbocycles. The quantitative estimate of drug-likeness (QED) is 0.464. The standard InChI is InChI=1S/C20H17N3O8S/c1-11-13-4-2-3-5-15(13)31-19(11)20(27)21-22-32(28,29)12-6-7-16-14(8-12)23(9-18(25)26)17(24)10-30-16/h2-8,22H,9-10H2,1H3,(H,21,27)(H,25,26). The zero-order valence-corrected chi connectivity index (χ0v) is 17.4. The number of carbonyl (C=O) groups excluding carboxylic acids is 2. The molecule has 0 saturated carbocycles. The number of aliphatic carboxylic acids is 1. The van der Waals surface area contributed by atoms with E-state index in [0.717, 1.165) is 16.4 Å². The van der Waals surface area contributed by atoms with Crippen molar-refractivity contribution < 1.29 is 37.1 Å². The number of nitrogens with zero attached hydrogens (tertiary/aromatic N) is 1. The Morgan fingerprint density at radius 2 is 1.94 bits per heavy atom. The van der Waals surface area contributed by atoms with Crippen molar-refractivity contribution in [2.45, 2.75) is 11.8 Å². The summed E-state index contributed by atoms with van der Waals surface area (Å²) in [6, 6.07) is 10.6. The highest BCUT2D eigenvalue weighted by Gasteiger charge is 2.29. The third-order valence-electron chi connectivity index (χ3n) is 4.83. The number of hydrogen-bond acceptors (Lipinski definition) is 7. The maximum Gasteiger partial charge on any atom is 0.323 e. The van der Waals surface area contributed by atoms with Crippen LogP contribution in [0, 0.1) is 6.92 Å². The molecule has 0 saturated heterocycles. The minimum absolute atomic E-state index is 0.00835. The number of carboxylic acid groups (broad SMARTS) is 1. The fourth-order valence-electron chi connectivity index (χ4n) is 3.28. The summed E-state index contributed by atoms with van der Waals surface area (Å²) in [5.74, 6) is -2.59. The summed E-state index contributed by atoms with van der Waals surface area (Å²) in [5.41, 5.74) is 3.12. The van der Waals surface area contributed by atoms with Crippen LogP contribution in [0.3, 0.4) is 0 Å². The fraction of sp³-hybridized carbons (Fsp3) is 0.150. The molecule has 2 heterocycles. The normalized spacial score (nSPS) is 13.5. The van der Waals surface area contributed by atoms with Crippen molar-refractivity contribution in [3.05, 3.63) is 53.8 Å². The van der Waals surface area contributed by atoms with Crippen LogP contribution in [0.2, 0.25) is 0 Å². The largest absolute Gasteiger partial charge is 0.482 e. The number of carboxylic acids is 1. The van der Waals surface area contributed by atoms with Crippen LogP contribution >= 0.6 is 0 Å². The van der Waals surface area contributed by atoms with Crippen molar-refractivity contribution in [1.82, 2.24) is 10.3 Å². The van der Waals surface area contributed by atoms with Crippen molar-refractivity contribution in [3.63, 3.8) is 0 Å². The summed E-state index contributed by atoms with van der Waals surface area (Å²) in [4.78, 5) is 38.2. The van der Waals surface area contributed by atoms with Crippen molar-refractivity contribution in [2.75, 3.05) is 18.1 Å². The van der Waals surface area contributed by atoms with Crippen LogP contribution in [0.1, 0.15) is 16.1 Å². The van der Waals surface area contributed by atoms with Gasteiger partial charge in [0.05, 0.1) is 10.6 Å². The maximum absolute atomic E-state index is 12.7. The van der Waals surface area contributed by atoms with Crippen LogP contribution in [0.25, 0.3) is 11.0 Å². The Bertz CT molecular complexity index is 1360. The summed E-state index contributed by atoms with van der Waals surface area (Å²) in [6.07, 6.45) is 0. The van der Waals surface area contributed by atoms with E-state index in [4.69, 9.17) is 14.3 Å². The number of para-hydroxylation sites is 1. The summed E-state index contributed by atoms with van der Waals surface area (Å²) in [5, 5.41) is 9.77. The number of rotatable bonds is 6. The van der Waals surface area contributed by atoms with Crippen LogP contribution < -0.4 is 19.9 Å². The molecule has 0 spiro atoms. The lowest BCUT2D eigenvalue weighted by molar-refractivity contribution is -0.137. The second kappa shape index (κ2) is 7.98. The van der Waals surface area contributed by atoms with E-state index in [1.165, 1.54) is 12.1 Å². The number of carbonyl (C=O) groups is 3. The number of fused-ring (bicyclic) bond motifs is 2. The molecule has 0 radical (unpaired) electrons. The highest BCUT2D eigenvalue weighted by atomic mass is 32.2. The predicted octanol–water partition coefficient (Wildman–Crippen LogP) is 1.17.